The SMILES string of the molecule is CCCCN(C(=O)c1nnn(C2CCNCC2)c1C)c1ccccc1. The maximum Gasteiger partial charge on any atom is 0.280 e. The quantitative estimate of drug-likeness (QED) is 0.877. The summed E-state index contributed by atoms with van der Waals surface area (Å²) in [5.74, 6) is -0.0580. The number of para-hydroxylation sites is 1. The summed E-state index contributed by atoms with van der Waals surface area (Å²) >= 11 is 0. The van der Waals surface area contributed by atoms with Gasteiger partial charge in [0.25, 0.3) is 5.91 Å². The van der Waals surface area contributed by atoms with Crippen LogP contribution in [0.15, 0.2) is 30.3 Å². The van der Waals surface area contributed by atoms with Crippen LogP contribution in [0, 0.1) is 6.92 Å². The van der Waals surface area contributed by atoms with Gasteiger partial charge in [-0.1, -0.05) is 36.8 Å². The van der Waals surface area contributed by atoms with Gasteiger partial charge in [0.2, 0.25) is 0 Å². The Balaban J connectivity index is 1.85. The number of amides is 1. The van der Waals surface area contributed by atoms with Crippen LogP contribution in [-0.2, 0) is 0 Å². The number of nitrogens with zero attached hydrogens (tertiary/aromatic N) is 4. The molecule has 1 fully saturated rings. The van der Waals surface area contributed by atoms with Crippen LogP contribution in [0.5, 0.6) is 0 Å². The van der Waals surface area contributed by atoms with E-state index in [9.17, 15) is 4.79 Å². The van der Waals surface area contributed by atoms with E-state index >= 15 is 0 Å². The summed E-state index contributed by atoms with van der Waals surface area (Å²) in [6, 6.07) is 10.2. The molecule has 0 bridgehead atoms. The number of anilines is 1. The van der Waals surface area contributed by atoms with E-state index < -0.39 is 0 Å². The van der Waals surface area contributed by atoms with Gasteiger partial charge in [0.1, 0.15) is 0 Å². The van der Waals surface area contributed by atoms with Gasteiger partial charge in [0.05, 0.1) is 11.7 Å². The second-order valence-electron chi connectivity index (χ2n) is 6.60. The molecule has 1 aromatic carbocycles. The van der Waals surface area contributed by atoms with E-state index in [1.165, 1.54) is 0 Å². The minimum Gasteiger partial charge on any atom is -0.317 e. The van der Waals surface area contributed by atoms with Crippen LogP contribution in [0.1, 0.15) is 54.8 Å². The van der Waals surface area contributed by atoms with Crippen LogP contribution in [0.3, 0.4) is 0 Å². The van der Waals surface area contributed by atoms with E-state index in [2.05, 4.69) is 22.6 Å². The molecule has 2 aromatic rings. The van der Waals surface area contributed by atoms with Crippen molar-refractivity contribution >= 4 is 11.6 Å². The molecular formula is C19H27N5O. The number of piperidine rings is 1. The van der Waals surface area contributed by atoms with E-state index in [0.29, 0.717) is 18.3 Å². The van der Waals surface area contributed by atoms with Crippen molar-refractivity contribution in [1.29, 1.82) is 0 Å². The Labute approximate surface area is 149 Å². The lowest BCUT2D eigenvalue weighted by molar-refractivity contribution is 0.0981. The molecule has 6 nitrogen and oxygen atoms in total. The maximum atomic E-state index is 13.2. The zero-order valence-corrected chi connectivity index (χ0v) is 15.1. The predicted molar refractivity (Wildman–Crippen MR) is 98.9 cm³/mol. The maximum absolute atomic E-state index is 13.2. The molecule has 0 radical (unpaired) electrons. The van der Waals surface area contributed by atoms with E-state index in [0.717, 1.165) is 50.2 Å². The Morgan fingerprint density at radius 2 is 2.00 bits per heavy atom. The molecule has 25 heavy (non-hydrogen) atoms. The van der Waals surface area contributed by atoms with Crippen LogP contribution in [0.25, 0.3) is 0 Å². The van der Waals surface area contributed by atoms with Crippen LogP contribution in [-0.4, -0.2) is 40.5 Å². The number of nitrogens with one attached hydrogen (secondary N) is 1. The van der Waals surface area contributed by atoms with Gasteiger partial charge in [-0.25, -0.2) is 4.68 Å². The molecule has 0 spiro atoms. The molecule has 1 saturated heterocycles. The van der Waals surface area contributed by atoms with Crippen molar-refractivity contribution in [3.63, 3.8) is 0 Å². The summed E-state index contributed by atoms with van der Waals surface area (Å²) in [5, 5.41) is 11.9. The minimum absolute atomic E-state index is 0.0580. The monoisotopic (exact) mass is 341 g/mol. The zero-order chi connectivity index (χ0) is 17.6. The molecule has 1 aromatic heterocycles. The van der Waals surface area contributed by atoms with Crippen LogP contribution in [0.2, 0.25) is 0 Å². The summed E-state index contributed by atoms with van der Waals surface area (Å²) in [4.78, 5) is 15.0. The lowest BCUT2D eigenvalue weighted by Gasteiger charge is -2.24. The first-order chi connectivity index (χ1) is 12.2. The Morgan fingerprint density at radius 3 is 2.68 bits per heavy atom. The van der Waals surface area contributed by atoms with Gasteiger partial charge in [-0.2, -0.15) is 0 Å². The van der Waals surface area contributed by atoms with Gasteiger partial charge in [-0.3, -0.25) is 4.79 Å². The average Bonchev–Trinajstić information content (AvgIpc) is 3.05. The molecule has 0 atom stereocenters. The number of hydrogen-bond donors (Lipinski definition) is 1. The van der Waals surface area contributed by atoms with Crippen LogP contribution >= 0.6 is 0 Å². The lowest BCUT2D eigenvalue weighted by Crippen LogP contribution is -2.33. The molecule has 2 heterocycles. The Kier molecular flexibility index (Phi) is 5.81. The van der Waals surface area contributed by atoms with Crippen LogP contribution in [0.4, 0.5) is 5.69 Å². The number of unbranched alkanes of at least 4 members (excludes halogenated alkanes) is 1. The van der Waals surface area contributed by atoms with Crippen molar-refractivity contribution in [3.05, 3.63) is 41.7 Å². The molecule has 0 aliphatic carbocycles. The summed E-state index contributed by atoms with van der Waals surface area (Å²) < 4.78 is 1.94. The third-order valence-corrected chi connectivity index (χ3v) is 4.83. The smallest absolute Gasteiger partial charge is 0.280 e. The fourth-order valence-electron chi connectivity index (χ4n) is 3.34. The van der Waals surface area contributed by atoms with Crippen molar-refractivity contribution < 1.29 is 4.79 Å². The molecule has 134 valence electrons. The topological polar surface area (TPSA) is 63.1 Å². The van der Waals surface area contributed by atoms with Gasteiger partial charge in [0, 0.05) is 12.2 Å². The second kappa shape index (κ2) is 8.25. The summed E-state index contributed by atoms with van der Waals surface area (Å²) in [7, 11) is 0. The van der Waals surface area contributed by atoms with Gasteiger partial charge < -0.3 is 10.2 Å². The summed E-state index contributed by atoms with van der Waals surface area (Å²) in [6.07, 6.45) is 4.05. The standard InChI is InChI=1S/C19H27N5O/c1-3-4-14-23(16-8-6-5-7-9-16)19(25)18-15(2)24(22-21-18)17-10-12-20-13-11-17/h5-9,17,20H,3-4,10-14H2,1-2H3. The number of aromatic nitrogens is 3. The molecule has 1 aliphatic heterocycles. The Hall–Kier alpha value is -2.21. The normalized spacial score (nSPS) is 15.3. The fraction of sp³-hybridized carbons (Fsp3) is 0.526. The minimum atomic E-state index is -0.0580. The molecule has 3 rings (SSSR count). The highest BCUT2D eigenvalue weighted by atomic mass is 16.2. The second-order valence-corrected chi connectivity index (χ2v) is 6.60. The highest BCUT2D eigenvalue weighted by molar-refractivity contribution is 6.05. The predicted octanol–water partition coefficient (Wildman–Crippen LogP) is 2.96. The molecule has 0 unspecified atom stereocenters. The van der Waals surface area contributed by atoms with E-state index in [-0.39, 0.29) is 5.91 Å². The van der Waals surface area contributed by atoms with Gasteiger partial charge in [-0.15, -0.1) is 5.10 Å². The number of carbonyl (C=O) groups is 1. The Morgan fingerprint density at radius 1 is 1.28 bits per heavy atom. The first-order valence-corrected chi connectivity index (χ1v) is 9.21. The molecule has 0 saturated carbocycles. The highest BCUT2D eigenvalue weighted by Crippen LogP contribution is 2.23. The van der Waals surface area contributed by atoms with Gasteiger partial charge in [0.15, 0.2) is 5.69 Å². The van der Waals surface area contributed by atoms with Gasteiger partial charge >= 0.3 is 0 Å². The molecule has 1 amide bonds. The number of hydrogen-bond acceptors (Lipinski definition) is 4. The first-order valence-electron chi connectivity index (χ1n) is 9.21. The van der Waals surface area contributed by atoms with Crippen molar-refractivity contribution in [1.82, 2.24) is 20.3 Å². The number of benzene rings is 1. The van der Waals surface area contributed by atoms with Crippen LogP contribution < -0.4 is 10.2 Å². The van der Waals surface area contributed by atoms with E-state index in [1.54, 1.807) is 0 Å². The van der Waals surface area contributed by atoms with Gasteiger partial charge in [-0.05, 0) is 51.4 Å². The van der Waals surface area contributed by atoms with Crippen molar-refractivity contribution in [2.24, 2.45) is 0 Å². The van der Waals surface area contributed by atoms with Crippen molar-refractivity contribution in [2.75, 3.05) is 24.5 Å². The molecule has 1 aliphatic rings. The lowest BCUT2D eigenvalue weighted by atomic mass is 10.1. The van der Waals surface area contributed by atoms with Crippen molar-refractivity contribution in [2.45, 2.75) is 45.6 Å². The number of rotatable bonds is 6. The first kappa shape index (κ1) is 17.6. The summed E-state index contributed by atoms with van der Waals surface area (Å²) in [5.41, 5.74) is 2.25. The van der Waals surface area contributed by atoms with E-state index in [4.69, 9.17) is 0 Å². The Bertz CT molecular complexity index is 691. The third kappa shape index (κ3) is 3.90. The summed E-state index contributed by atoms with van der Waals surface area (Å²) in [6.45, 7) is 6.75. The highest BCUT2D eigenvalue weighted by Gasteiger charge is 2.26. The molecule has 6 heteroatoms. The fourth-order valence-corrected chi connectivity index (χ4v) is 3.34. The van der Waals surface area contributed by atoms with Crippen molar-refractivity contribution in [3.8, 4) is 0 Å². The van der Waals surface area contributed by atoms with E-state index in [1.807, 2.05) is 46.8 Å². The molecular weight excluding hydrogens is 314 g/mol. The molecule has 1 N–H and O–H groups in total. The largest absolute Gasteiger partial charge is 0.317 e. The zero-order valence-electron chi connectivity index (χ0n) is 15.1. The number of carbonyl (C=O) groups excluding carboxylic acids is 1. The average molecular weight is 341 g/mol. The third-order valence-electron chi connectivity index (χ3n) is 4.83.